The Labute approximate surface area is 149 Å². The van der Waals surface area contributed by atoms with Gasteiger partial charge in [-0.05, 0) is 24.6 Å². The number of ether oxygens (including phenoxy) is 1. The lowest BCUT2D eigenvalue weighted by molar-refractivity contribution is -0.384. The normalized spacial score (nSPS) is 17.6. The average molecular weight is 374 g/mol. The third kappa shape index (κ3) is 3.63. The predicted octanol–water partition coefficient (Wildman–Crippen LogP) is 1.70. The molecule has 0 radical (unpaired) electrons. The minimum absolute atomic E-state index is 0.00615. The number of sulfonamides is 1. The maximum atomic E-state index is 12.7. The Bertz CT molecular complexity index is 969. The molecule has 0 aliphatic carbocycles. The quantitative estimate of drug-likeness (QED) is 0.576. The Morgan fingerprint density at radius 2 is 2.04 bits per heavy atom. The molecular formula is C16H14N4O5S. The molecule has 9 nitrogen and oxygen atoms in total. The first-order chi connectivity index (χ1) is 12.4. The standard InChI is InChI=1S/C16H14N4O5S/c17-10-12-5-7-18-16(9-12)25-14-6-8-19(11-14)26(23,24)15-3-1-13(2-4-15)20(21)22/h1-5,7,9,14H,6,8,11H2. The van der Waals surface area contributed by atoms with E-state index in [2.05, 4.69) is 4.98 Å². The molecule has 3 rings (SSSR count). The summed E-state index contributed by atoms with van der Waals surface area (Å²) >= 11 is 0. The van der Waals surface area contributed by atoms with Gasteiger partial charge in [-0.25, -0.2) is 13.4 Å². The minimum atomic E-state index is -3.76. The lowest BCUT2D eigenvalue weighted by atomic mass is 10.3. The summed E-state index contributed by atoms with van der Waals surface area (Å²) < 4.78 is 32.3. The van der Waals surface area contributed by atoms with Gasteiger partial charge in [0.1, 0.15) is 6.10 Å². The number of pyridine rings is 1. The molecule has 26 heavy (non-hydrogen) atoms. The number of nitro groups is 1. The highest BCUT2D eigenvalue weighted by Crippen LogP contribution is 2.25. The minimum Gasteiger partial charge on any atom is -0.473 e. The van der Waals surface area contributed by atoms with Crippen molar-refractivity contribution in [1.29, 1.82) is 5.26 Å². The predicted molar refractivity (Wildman–Crippen MR) is 89.8 cm³/mol. The molecule has 0 spiro atoms. The summed E-state index contributed by atoms with van der Waals surface area (Å²) in [6.07, 6.45) is 1.54. The van der Waals surface area contributed by atoms with Gasteiger partial charge in [-0.1, -0.05) is 0 Å². The molecule has 1 aliphatic heterocycles. The highest BCUT2D eigenvalue weighted by molar-refractivity contribution is 7.89. The summed E-state index contributed by atoms with van der Waals surface area (Å²) in [5.74, 6) is 0.267. The van der Waals surface area contributed by atoms with Gasteiger partial charge in [-0.3, -0.25) is 10.1 Å². The molecule has 1 aliphatic rings. The molecule has 1 aromatic heterocycles. The SMILES string of the molecule is N#Cc1ccnc(OC2CCN(S(=O)(=O)c3ccc([N+](=O)[O-])cc3)C2)c1. The van der Waals surface area contributed by atoms with Gasteiger partial charge in [-0.15, -0.1) is 0 Å². The Hall–Kier alpha value is -3.03. The summed E-state index contributed by atoms with van der Waals surface area (Å²) in [6, 6.07) is 9.79. The largest absolute Gasteiger partial charge is 0.473 e. The number of benzene rings is 1. The van der Waals surface area contributed by atoms with Crippen molar-refractivity contribution >= 4 is 15.7 Å². The number of aromatic nitrogens is 1. The van der Waals surface area contributed by atoms with E-state index in [9.17, 15) is 18.5 Å². The van der Waals surface area contributed by atoms with E-state index in [0.717, 1.165) is 12.1 Å². The summed E-state index contributed by atoms with van der Waals surface area (Å²) in [7, 11) is -3.76. The molecule has 1 atom stereocenters. The highest BCUT2D eigenvalue weighted by Gasteiger charge is 2.34. The maximum Gasteiger partial charge on any atom is 0.269 e. The van der Waals surface area contributed by atoms with Crippen LogP contribution in [0, 0.1) is 21.4 Å². The molecular weight excluding hydrogens is 360 g/mol. The second-order valence-electron chi connectivity index (χ2n) is 5.64. The van der Waals surface area contributed by atoms with E-state index in [1.54, 1.807) is 6.07 Å². The highest BCUT2D eigenvalue weighted by atomic mass is 32.2. The molecule has 0 N–H and O–H groups in total. The number of non-ortho nitro benzene ring substituents is 1. The van der Waals surface area contributed by atoms with E-state index in [4.69, 9.17) is 10.00 Å². The van der Waals surface area contributed by atoms with Crippen LogP contribution in [-0.2, 0) is 10.0 Å². The van der Waals surface area contributed by atoms with Gasteiger partial charge in [-0.2, -0.15) is 9.57 Å². The van der Waals surface area contributed by atoms with Gasteiger partial charge in [0.05, 0.1) is 28.0 Å². The van der Waals surface area contributed by atoms with Crippen molar-refractivity contribution in [2.24, 2.45) is 0 Å². The molecule has 10 heteroatoms. The zero-order valence-electron chi connectivity index (χ0n) is 13.5. The van der Waals surface area contributed by atoms with Gasteiger partial charge >= 0.3 is 0 Å². The maximum absolute atomic E-state index is 12.7. The van der Waals surface area contributed by atoms with Crippen LogP contribution in [0.1, 0.15) is 12.0 Å². The van der Waals surface area contributed by atoms with Gasteiger partial charge in [0.15, 0.2) is 0 Å². The Balaban J connectivity index is 1.70. The zero-order chi connectivity index (χ0) is 18.7. The average Bonchev–Trinajstić information content (AvgIpc) is 3.11. The molecule has 1 saturated heterocycles. The van der Waals surface area contributed by atoms with Crippen LogP contribution in [-0.4, -0.2) is 41.8 Å². The van der Waals surface area contributed by atoms with Crippen LogP contribution in [0.4, 0.5) is 5.69 Å². The molecule has 2 aromatic rings. The second-order valence-corrected chi connectivity index (χ2v) is 7.58. The Morgan fingerprint density at radius 3 is 2.69 bits per heavy atom. The number of nitriles is 1. The van der Waals surface area contributed by atoms with Crippen LogP contribution in [0.15, 0.2) is 47.5 Å². The van der Waals surface area contributed by atoms with Crippen LogP contribution < -0.4 is 4.74 Å². The first-order valence-corrected chi connectivity index (χ1v) is 9.11. The molecule has 1 aromatic carbocycles. The molecule has 1 fully saturated rings. The molecule has 134 valence electrons. The van der Waals surface area contributed by atoms with Gasteiger partial charge in [0.2, 0.25) is 15.9 Å². The fourth-order valence-electron chi connectivity index (χ4n) is 2.62. The van der Waals surface area contributed by atoms with Gasteiger partial charge in [0.25, 0.3) is 5.69 Å². The van der Waals surface area contributed by atoms with Crippen molar-refractivity contribution in [2.75, 3.05) is 13.1 Å². The lowest BCUT2D eigenvalue weighted by Crippen LogP contribution is -2.31. The summed E-state index contributed by atoms with van der Waals surface area (Å²) in [5, 5.41) is 19.6. The zero-order valence-corrected chi connectivity index (χ0v) is 14.3. The Kier molecular flexibility index (Phi) is 4.83. The number of nitro benzene ring substituents is 1. The summed E-state index contributed by atoms with van der Waals surface area (Å²) in [6.45, 7) is 0.402. The monoisotopic (exact) mass is 374 g/mol. The van der Waals surface area contributed by atoms with Crippen LogP contribution in [0.2, 0.25) is 0 Å². The van der Waals surface area contributed by atoms with Gasteiger partial charge < -0.3 is 4.74 Å². The first kappa shape index (κ1) is 17.8. The summed E-state index contributed by atoms with van der Waals surface area (Å²) in [5.41, 5.74) is 0.235. The third-order valence-electron chi connectivity index (χ3n) is 3.94. The van der Waals surface area contributed by atoms with E-state index in [1.807, 2.05) is 6.07 Å². The molecule has 0 bridgehead atoms. The number of nitrogens with zero attached hydrogens (tertiary/aromatic N) is 4. The van der Waals surface area contributed by atoms with E-state index in [1.165, 1.54) is 28.7 Å². The molecule has 2 heterocycles. The number of hydrogen-bond donors (Lipinski definition) is 0. The topological polar surface area (TPSA) is 126 Å². The first-order valence-electron chi connectivity index (χ1n) is 7.67. The number of hydrogen-bond acceptors (Lipinski definition) is 7. The van der Waals surface area contributed by atoms with E-state index in [0.29, 0.717) is 12.0 Å². The second kappa shape index (κ2) is 7.07. The van der Waals surface area contributed by atoms with Crippen LogP contribution >= 0.6 is 0 Å². The molecule has 1 unspecified atom stereocenters. The van der Waals surface area contributed by atoms with Crippen LogP contribution in [0.3, 0.4) is 0 Å². The van der Waals surface area contributed by atoms with E-state index < -0.39 is 14.9 Å². The third-order valence-corrected chi connectivity index (χ3v) is 5.82. The van der Waals surface area contributed by atoms with Crippen molar-refractivity contribution in [3.63, 3.8) is 0 Å². The fraction of sp³-hybridized carbons (Fsp3) is 0.250. The van der Waals surface area contributed by atoms with Crippen LogP contribution in [0.25, 0.3) is 0 Å². The van der Waals surface area contributed by atoms with E-state index in [-0.39, 0.29) is 35.7 Å². The van der Waals surface area contributed by atoms with Crippen molar-refractivity contribution in [3.8, 4) is 11.9 Å². The summed E-state index contributed by atoms with van der Waals surface area (Å²) in [4.78, 5) is 14.1. The van der Waals surface area contributed by atoms with Gasteiger partial charge in [0, 0.05) is 30.9 Å². The van der Waals surface area contributed by atoms with Crippen molar-refractivity contribution in [1.82, 2.24) is 9.29 Å². The van der Waals surface area contributed by atoms with Crippen molar-refractivity contribution < 1.29 is 18.1 Å². The smallest absolute Gasteiger partial charge is 0.269 e. The molecule has 0 amide bonds. The molecule has 0 saturated carbocycles. The Morgan fingerprint density at radius 1 is 1.31 bits per heavy atom. The fourth-order valence-corrected chi connectivity index (χ4v) is 4.10. The van der Waals surface area contributed by atoms with E-state index >= 15 is 0 Å². The van der Waals surface area contributed by atoms with Crippen molar-refractivity contribution in [2.45, 2.75) is 17.4 Å². The van der Waals surface area contributed by atoms with Crippen LogP contribution in [0.5, 0.6) is 5.88 Å². The lowest BCUT2D eigenvalue weighted by Gasteiger charge is -2.17. The number of rotatable bonds is 5. The van der Waals surface area contributed by atoms with Crippen molar-refractivity contribution in [3.05, 3.63) is 58.3 Å².